The van der Waals surface area contributed by atoms with E-state index in [1.807, 2.05) is 20.8 Å². The van der Waals surface area contributed by atoms with E-state index in [0.29, 0.717) is 25.9 Å². The minimum atomic E-state index is -0.596. The predicted octanol–water partition coefficient (Wildman–Crippen LogP) is 2.83. The summed E-state index contributed by atoms with van der Waals surface area (Å²) >= 11 is 0. The van der Waals surface area contributed by atoms with Crippen LogP contribution in [0.25, 0.3) is 0 Å². The number of carbonyl (C=O) groups is 1. The van der Waals surface area contributed by atoms with E-state index < -0.39 is 17.3 Å². The molecule has 0 aromatic heterocycles. The molecule has 1 aromatic rings. The molecule has 0 bridgehead atoms. The summed E-state index contributed by atoms with van der Waals surface area (Å²) in [4.78, 5) is 13.7. The number of hydrogen-bond acceptors (Lipinski definition) is 7. The molecule has 0 spiro atoms. The van der Waals surface area contributed by atoms with Crippen LogP contribution in [0.15, 0.2) is 23.3 Å². The average molecular weight is 404 g/mol. The third-order valence-corrected chi connectivity index (χ3v) is 3.98. The second-order valence-corrected chi connectivity index (χ2v) is 7.53. The van der Waals surface area contributed by atoms with Crippen molar-refractivity contribution in [2.75, 3.05) is 18.5 Å². The smallest absolute Gasteiger partial charge is 0.410 e. The van der Waals surface area contributed by atoms with Crippen molar-refractivity contribution in [2.45, 2.75) is 45.3 Å². The fourth-order valence-corrected chi connectivity index (χ4v) is 2.59. The number of nitrogens with two attached hydrogens (primary N) is 1. The zero-order valence-electron chi connectivity index (χ0n) is 16.7. The molecule has 1 aliphatic heterocycles. The second kappa shape index (κ2) is 9.23. The molecule has 1 aromatic carbocycles. The first kappa shape index (κ1) is 21.9. The highest BCUT2D eigenvalue weighted by atomic mass is 19.1. The van der Waals surface area contributed by atoms with Crippen LogP contribution in [-0.4, -0.2) is 47.3 Å². The Labute approximate surface area is 168 Å². The number of nitriles is 1. The maximum Gasteiger partial charge on any atom is 0.410 e. The van der Waals surface area contributed by atoms with Crippen LogP contribution in [0.1, 0.15) is 33.6 Å². The lowest BCUT2D eigenvalue weighted by Gasteiger charge is -2.33. The lowest BCUT2D eigenvalue weighted by Crippen LogP contribution is -2.44. The zero-order chi connectivity index (χ0) is 21.6. The maximum atomic E-state index is 14.3. The lowest BCUT2D eigenvalue weighted by molar-refractivity contribution is 0.0123. The molecule has 1 heterocycles. The summed E-state index contributed by atoms with van der Waals surface area (Å²) in [6.07, 6.45) is 0.545. The van der Waals surface area contributed by atoms with Gasteiger partial charge in [0.25, 0.3) is 0 Å². The first-order chi connectivity index (χ1) is 13.6. The highest BCUT2D eigenvalue weighted by Crippen LogP contribution is 2.25. The Kier molecular flexibility index (Phi) is 6.98. The van der Waals surface area contributed by atoms with Crippen LogP contribution in [-0.2, 0) is 4.74 Å². The molecule has 0 unspecified atom stereocenters. The summed E-state index contributed by atoms with van der Waals surface area (Å²) < 4.78 is 25.4. The number of piperidine rings is 1. The molecule has 9 nitrogen and oxygen atoms in total. The van der Waals surface area contributed by atoms with E-state index in [0.717, 1.165) is 0 Å². The van der Waals surface area contributed by atoms with Gasteiger partial charge in [0.2, 0.25) is 5.71 Å². The Morgan fingerprint density at radius 3 is 2.59 bits per heavy atom. The monoisotopic (exact) mass is 404 g/mol. The van der Waals surface area contributed by atoms with E-state index in [-0.39, 0.29) is 29.3 Å². The van der Waals surface area contributed by atoms with E-state index in [1.54, 1.807) is 11.0 Å². The van der Waals surface area contributed by atoms with Crippen molar-refractivity contribution in [3.05, 3.63) is 24.0 Å². The van der Waals surface area contributed by atoms with Gasteiger partial charge in [-0.25, -0.2) is 9.18 Å². The zero-order valence-corrected chi connectivity index (χ0v) is 16.7. The van der Waals surface area contributed by atoms with Crippen LogP contribution >= 0.6 is 0 Å². The molecule has 1 aliphatic rings. The van der Waals surface area contributed by atoms with Crippen molar-refractivity contribution in [3.63, 3.8) is 0 Å². The normalized spacial score (nSPS) is 15.4. The van der Waals surface area contributed by atoms with Crippen LogP contribution in [0, 0.1) is 22.6 Å². The molecule has 0 aliphatic carbocycles. The summed E-state index contributed by atoms with van der Waals surface area (Å²) in [5.74, 6) is -0.999. The standard InChI is InChI=1S/C19H25FN6O3/c1-19(2,3)29-18(27)26-8-6-13(7-9-26)28-16-5-4-12(10-14(16)20)24-25-15(11-21)17(22)23/h4-5,10,13,24H,6-9H2,1-3H3,(H3,22,23)/b25-15+. The van der Waals surface area contributed by atoms with Gasteiger partial charge >= 0.3 is 6.09 Å². The van der Waals surface area contributed by atoms with E-state index >= 15 is 0 Å². The predicted molar refractivity (Wildman–Crippen MR) is 106 cm³/mol. The van der Waals surface area contributed by atoms with Crippen molar-refractivity contribution < 1.29 is 18.7 Å². The van der Waals surface area contributed by atoms with Crippen LogP contribution in [0.2, 0.25) is 0 Å². The quantitative estimate of drug-likeness (QED) is 0.392. The van der Waals surface area contributed by atoms with Crippen molar-refractivity contribution >= 4 is 23.3 Å². The maximum absolute atomic E-state index is 14.3. The van der Waals surface area contributed by atoms with Gasteiger partial charge in [-0.15, -0.1) is 0 Å². The molecule has 10 heteroatoms. The Hall–Kier alpha value is -3.35. The molecule has 0 radical (unpaired) electrons. The summed E-state index contributed by atoms with van der Waals surface area (Å²) in [7, 11) is 0. The fourth-order valence-electron chi connectivity index (χ4n) is 2.59. The number of carbonyl (C=O) groups excluding carboxylic acids is 1. The number of anilines is 1. The molecule has 156 valence electrons. The molecule has 1 saturated heterocycles. The molecule has 1 amide bonds. The van der Waals surface area contributed by atoms with Crippen molar-refractivity contribution in [1.82, 2.24) is 4.90 Å². The van der Waals surface area contributed by atoms with Gasteiger partial charge in [0.05, 0.1) is 5.69 Å². The molecular weight excluding hydrogens is 379 g/mol. The van der Waals surface area contributed by atoms with E-state index in [2.05, 4.69) is 10.5 Å². The third kappa shape index (κ3) is 6.64. The highest BCUT2D eigenvalue weighted by molar-refractivity contribution is 6.45. The lowest BCUT2D eigenvalue weighted by atomic mass is 10.1. The number of ether oxygens (including phenoxy) is 2. The molecule has 4 N–H and O–H groups in total. The number of hydrogen-bond donors (Lipinski definition) is 3. The number of hydrazone groups is 1. The second-order valence-electron chi connectivity index (χ2n) is 7.53. The van der Waals surface area contributed by atoms with Crippen LogP contribution in [0.4, 0.5) is 14.9 Å². The average Bonchev–Trinajstić information content (AvgIpc) is 2.63. The first-order valence-corrected chi connectivity index (χ1v) is 9.11. The first-order valence-electron chi connectivity index (χ1n) is 9.11. The van der Waals surface area contributed by atoms with Crippen molar-refractivity contribution in [2.24, 2.45) is 10.8 Å². The summed E-state index contributed by atoms with van der Waals surface area (Å²) in [6.45, 7) is 6.38. The molecule has 0 atom stereocenters. The molecule has 2 rings (SSSR count). The minimum absolute atomic E-state index is 0.0855. The van der Waals surface area contributed by atoms with Crippen LogP contribution < -0.4 is 15.9 Å². The van der Waals surface area contributed by atoms with Gasteiger partial charge < -0.3 is 20.1 Å². The van der Waals surface area contributed by atoms with Gasteiger partial charge in [0.15, 0.2) is 17.4 Å². The number of nitrogens with zero attached hydrogens (tertiary/aromatic N) is 3. The SMILES string of the molecule is CC(C)(C)OC(=O)N1CCC(Oc2ccc(N/N=C(\C#N)C(=N)N)cc2F)CC1. The Morgan fingerprint density at radius 1 is 1.41 bits per heavy atom. The summed E-state index contributed by atoms with van der Waals surface area (Å²) in [5, 5.41) is 19.6. The molecular formula is C19H25FN6O3. The van der Waals surface area contributed by atoms with Gasteiger partial charge in [0, 0.05) is 32.0 Å². The van der Waals surface area contributed by atoms with E-state index in [1.165, 1.54) is 18.2 Å². The third-order valence-electron chi connectivity index (χ3n) is 3.98. The summed E-state index contributed by atoms with van der Waals surface area (Å²) in [6, 6.07) is 5.82. The number of halogens is 1. The van der Waals surface area contributed by atoms with Gasteiger partial charge in [-0.3, -0.25) is 10.8 Å². The summed E-state index contributed by atoms with van der Waals surface area (Å²) in [5.41, 5.74) is 7.10. The van der Waals surface area contributed by atoms with E-state index in [4.69, 9.17) is 25.9 Å². The van der Waals surface area contributed by atoms with Crippen LogP contribution in [0.5, 0.6) is 5.75 Å². The Balaban J connectivity index is 1.91. The van der Waals surface area contributed by atoms with Gasteiger partial charge in [-0.2, -0.15) is 10.4 Å². The molecule has 0 saturated carbocycles. The number of amidine groups is 1. The number of amides is 1. The van der Waals surface area contributed by atoms with Gasteiger partial charge in [-0.1, -0.05) is 0 Å². The van der Waals surface area contributed by atoms with Crippen molar-refractivity contribution in [3.8, 4) is 11.8 Å². The number of nitrogens with one attached hydrogen (secondary N) is 2. The Morgan fingerprint density at radius 2 is 2.07 bits per heavy atom. The molecule has 1 fully saturated rings. The van der Waals surface area contributed by atoms with Gasteiger partial charge in [0.1, 0.15) is 17.8 Å². The van der Waals surface area contributed by atoms with Crippen molar-refractivity contribution in [1.29, 1.82) is 10.7 Å². The highest BCUT2D eigenvalue weighted by Gasteiger charge is 2.28. The van der Waals surface area contributed by atoms with Gasteiger partial charge in [-0.05, 0) is 32.9 Å². The Bertz CT molecular complexity index is 835. The fraction of sp³-hybridized carbons (Fsp3) is 0.474. The number of rotatable bonds is 5. The molecule has 29 heavy (non-hydrogen) atoms. The minimum Gasteiger partial charge on any atom is -0.487 e. The topological polar surface area (TPSA) is 137 Å². The number of likely N-dealkylation sites (tertiary alicyclic amines) is 1. The van der Waals surface area contributed by atoms with E-state index in [9.17, 15) is 9.18 Å². The van der Waals surface area contributed by atoms with Crippen LogP contribution in [0.3, 0.4) is 0 Å². The number of benzene rings is 1. The largest absolute Gasteiger partial charge is 0.487 e.